The van der Waals surface area contributed by atoms with Crippen molar-refractivity contribution >= 4 is 10.0 Å². The topological polar surface area (TPSA) is 66.4 Å². The van der Waals surface area contributed by atoms with Crippen LogP contribution in [0.1, 0.15) is 13.8 Å². The van der Waals surface area contributed by atoms with Gasteiger partial charge in [0, 0.05) is 0 Å². The lowest BCUT2D eigenvalue weighted by Crippen LogP contribution is -2.25. The van der Waals surface area contributed by atoms with Crippen LogP contribution in [0.25, 0.3) is 0 Å². The second-order valence-corrected chi connectivity index (χ2v) is 4.01. The Morgan fingerprint density at radius 3 is 2.11 bits per heavy atom. The van der Waals surface area contributed by atoms with Crippen LogP contribution in [0, 0.1) is 5.92 Å². The van der Waals surface area contributed by atoms with E-state index >= 15 is 0 Å². The standard InChI is InChI=1S/C4H11NO3S/c1-4(2)3-9(7,8)5-6/h4-6H,3H2,1-2H3. The minimum Gasteiger partial charge on any atom is -0.302 e. The van der Waals surface area contributed by atoms with E-state index in [0.29, 0.717) is 0 Å². The van der Waals surface area contributed by atoms with Gasteiger partial charge in [-0.1, -0.05) is 18.7 Å². The Balaban J connectivity index is 3.90. The first-order valence-corrected chi connectivity index (χ1v) is 4.26. The predicted octanol–water partition coefficient (Wildman–Crippen LogP) is -0.0490. The molecule has 0 aliphatic heterocycles. The molecule has 5 heteroatoms. The minimum absolute atomic E-state index is 0.0367. The lowest BCUT2D eigenvalue weighted by Gasteiger charge is -2.02. The third kappa shape index (κ3) is 4.38. The van der Waals surface area contributed by atoms with Crippen LogP contribution in [0.4, 0.5) is 0 Å². The zero-order chi connectivity index (χ0) is 7.49. The van der Waals surface area contributed by atoms with Crippen LogP contribution in [0.15, 0.2) is 0 Å². The number of sulfonamides is 1. The van der Waals surface area contributed by atoms with Gasteiger partial charge in [0.1, 0.15) is 0 Å². The smallest absolute Gasteiger partial charge is 0.233 e. The Morgan fingerprint density at radius 2 is 2.00 bits per heavy atom. The molecule has 0 saturated carbocycles. The van der Waals surface area contributed by atoms with Crippen LogP contribution in [-0.4, -0.2) is 19.4 Å². The summed E-state index contributed by atoms with van der Waals surface area (Å²) in [5, 5.41) is 8.00. The van der Waals surface area contributed by atoms with Gasteiger partial charge in [-0.2, -0.15) is 0 Å². The number of hydrogen-bond acceptors (Lipinski definition) is 3. The maximum Gasteiger partial charge on any atom is 0.233 e. The summed E-state index contributed by atoms with van der Waals surface area (Å²) in [7, 11) is -3.41. The van der Waals surface area contributed by atoms with Crippen molar-refractivity contribution in [2.24, 2.45) is 5.92 Å². The molecule has 0 aromatic heterocycles. The Labute approximate surface area is 54.9 Å². The first kappa shape index (κ1) is 8.87. The summed E-state index contributed by atoms with van der Waals surface area (Å²) < 4.78 is 20.9. The highest BCUT2D eigenvalue weighted by Gasteiger charge is 2.09. The summed E-state index contributed by atoms with van der Waals surface area (Å²) in [4.78, 5) is 1.24. The molecule has 2 N–H and O–H groups in total. The fourth-order valence-corrected chi connectivity index (χ4v) is 1.43. The molecule has 0 amide bonds. The quantitative estimate of drug-likeness (QED) is 0.559. The molecular formula is C4H11NO3S. The lowest BCUT2D eigenvalue weighted by molar-refractivity contribution is 0.242. The first-order chi connectivity index (χ1) is 3.98. The third-order valence-corrected chi connectivity index (χ3v) is 2.08. The molecule has 0 aromatic rings. The maximum atomic E-state index is 10.4. The lowest BCUT2D eigenvalue weighted by atomic mass is 10.3. The molecular weight excluding hydrogens is 142 g/mol. The molecule has 9 heavy (non-hydrogen) atoms. The van der Waals surface area contributed by atoms with Crippen molar-refractivity contribution in [2.45, 2.75) is 13.8 Å². The van der Waals surface area contributed by atoms with E-state index in [1.807, 2.05) is 0 Å². The maximum absolute atomic E-state index is 10.4. The van der Waals surface area contributed by atoms with Gasteiger partial charge in [0.25, 0.3) is 0 Å². The molecule has 56 valence electrons. The Morgan fingerprint density at radius 1 is 1.56 bits per heavy atom. The van der Waals surface area contributed by atoms with Crippen LogP contribution in [0.5, 0.6) is 0 Å². The zero-order valence-corrected chi connectivity index (χ0v) is 6.27. The van der Waals surface area contributed by atoms with Gasteiger partial charge >= 0.3 is 0 Å². The molecule has 0 bridgehead atoms. The van der Waals surface area contributed by atoms with Crippen molar-refractivity contribution in [1.82, 2.24) is 4.89 Å². The summed E-state index contributed by atoms with van der Waals surface area (Å²) in [6, 6.07) is 0. The summed E-state index contributed by atoms with van der Waals surface area (Å²) >= 11 is 0. The zero-order valence-electron chi connectivity index (χ0n) is 5.46. The SMILES string of the molecule is CC(C)CS(=O)(=O)NO. The monoisotopic (exact) mass is 153 g/mol. The number of nitrogens with one attached hydrogen (secondary N) is 1. The van der Waals surface area contributed by atoms with E-state index in [-0.39, 0.29) is 11.7 Å². The third-order valence-electron chi connectivity index (χ3n) is 0.692. The van der Waals surface area contributed by atoms with E-state index in [9.17, 15) is 8.42 Å². The van der Waals surface area contributed by atoms with E-state index in [1.165, 1.54) is 4.89 Å². The summed E-state index contributed by atoms with van der Waals surface area (Å²) in [6.07, 6.45) is 0. The van der Waals surface area contributed by atoms with Gasteiger partial charge < -0.3 is 5.21 Å². The fourth-order valence-electron chi connectivity index (χ4n) is 0.476. The van der Waals surface area contributed by atoms with Gasteiger partial charge in [0.15, 0.2) is 0 Å². The Bertz CT molecular complexity index is 161. The molecule has 0 atom stereocenters. The highest BCUT2D eigenvalue weighted by atomic mass is 32.2. The Kier molecular flexibility index (Phi) is 3.10. The highest BCUT2D eigenvalue weighted by molar-refractivity contribution is 7.89. The molecule has 0 saturated heterocycles. The molecule has 0 aliphatic rings. The molecule has 0 unspecified atom stereocenters. The van der Waals surface area contributed by atoms with Gasteiger partial charge in [-0.3, -0.25) is 0 Å². The van der Waals surface area contributed by atoms with Crippen LogP contribution in [0.2, 0.25) is 0 Å². The average molecular weight is 153 g/mol. The predicted molar refractivity (Wildman–Crippen MR) is 33.5 cm³/mol. The van der Waals surface area contributed by atoms with Crippen molar-refractivity contribution < 1.29 is 13.6 Å². The second-order valence-electron chi connectivity index (χ2n) is 2.27. The van der Waals surface area contributed by atoms with E-state index < -0.39 is 10.0 Å². The van der Waals surface area contributed by atoms with E-state index in [0.717, 1.165) is 0 Å². The van der Waals surface area contributed by atoms with Crippen molar-refractivity contribution in [1.29, 1.82) is 0 Å². The van der Waals surface area contributed by atoms with Gasteiger partial charge in [0.05, 0.1) is 5.75 Å². The van der Waals surface area contributed by atoms with Crippen LogP contribution in [0.3, 0.4) is 0 Å². The van der Waals surface area contributed by atoms with Gasteiger partial charge in [-0.05, 0) is 5.92 Å². The van der Waals surface area contributed by atoms with Gasteiger partial charge in [-0.15, -0.1) is 0 Å². The highest BCUT2D eigenvalue weighted by Crippen LogP contribution is 1.95. The van der Waals surface area contributed by atoms with Gasteiger partial charge in [0.2, 0.25) is 10.0 Å². The summed E-state index contributed by atoms with van der Waals surface area (Å²) in [5.74, 6) is -0.00148. The van der Waals surface area contributed by atoms with Crippen LogP contribution >= 0.6 is 0 Å². The number of rotatable bonds is 3. The fraction of sp³-hybridized carbons (Fsp3) is 1.00. The molecule has 0 aromatic carbocycles. The van der Waals surface area contributed by atoms with Crippen LogP contribution < -0.4 is 4.89 Å². The molecule has 0 aliphatic carbocycles. The molecule has 4 nitrogen and oxygen atoms in total. The van der Waals surface area contributed by atoms with Gasteiger partial charge in [-0.25, -0.2) is 8.42 Å². The van der Waals surface area contributed by atoms with Crippen molar-refractivity contribution in [3.63, 3.8) is 0 Å². The summed E-state index contributed by atoms with van der Waals surface area (Å²) in [6.45, 7) is 3.52. The second kappa shape index (κ2) is 3.14. The minimum atomic E-state index is -3.41. The summed E-state index contributed by atoms with van der Waals surface area (Å²) in [5.41, 5.74) is 0. The normalized spacial score (nSPS) is 12.4. The Hall–Kier alpha value is -0.130. The largest absolute Gasteiger partial charge is 0.302 e. The molecule has 0 fully saturated rings. The molecule has 0 radical (unpaired) electrons. The van der Waals surface area contributed by atoms with Crippen molar-refractivity contribution in [3.05, 3.63) is 0 Å². The first-order valence-electron chi connectivity index (χ1n) is 2.61. The number of hydrogen-bond donors (Lipinski definition) is 2. The average Bonchev–Trinajstić information content (AvgIpc) is 1.63. The van der Waals surface area contributed by atoms with Crippen molar-refractivity contribution in [2.75, 3.05) is 5.75 Å². The molecule has 0 spiro atoms. The van der Waals surface area contributed by atoms with Crippen molar-refractivity contribution in [3.8, 4) is 0 Å². The van der Waals surface area contributed by atoms with E-state index in [1.54, 1.807) is 13.8 Å². The van der Waals surface area contributed by atoms with Crippen LogP contribution in [-0.2, 0) is 10.0 Å². The van der Waals surface area contributed by atoms with E-state index in [4.69, 9.17) is 5.21 Å². The molecule has 0 heterocycles. The molecule has 0 rings (SSSR count). The van der Waals surface area contributed by atoms with E-state index in [2.05, 4.69) is 0 Å².